The van der Waals surface area contributed by atoms with E-state index < -0.39 is 0 Å². The summed E-state index contributed by atoms with van der Waals surface area (Å²) in [6.45, 7) is 7.93. The molecule has 1 aromatic heterocycles. The minimum absolute atomic E-state index is 0.642. The Bertz CT molecular complexity index is 545. The van der Waals surface area contributed by atoms with Crippen molar-refractivity contribution in [2.45, 2.75) is 52.5 Å². The summed E-state index contributed by atoms with van der Waals surface area (Å²) in [6.07, 6.45) is 6.69. The Morgan fingerprint density at radius 2 is 1.90 bits per heavy atom. The van der Waals surface area contributed by atoms with Crippen molar-refractivity contribution >= 4 is 10.9 Å². The molecule has 0 bridgehead atoms. The van der Waals surface area contributed by atoms with E-state index in [1.54, 1.807) is 0 Å². The number of fused-ring (bicyclic) bond motifs is 1. The summed E-state index contributed by atoms with van der Waals surface area (Å²) in [6, 6.07) is 11.3. The van der Waals surface area contributed by atoms with E-state index in [1.165, 1.54) is 30.2 Å². The average molecular weight is 284 g/mol. The zero-order chi connectivity index (χ0) is 15.1. The first-order valence-electron chi connectivity index (χ1n) is 8.30. The van der Waals surface area contributed by atoms with E-state index in [2.05, 4.69) is 55.3 Å². The summed E-state index contributed by atoms with van der Waals surface area (Å²) >= 11 is 0. The second-order valence-corrected chi connectivity index (χ2v) is 6.05. The molecule has 0 saturated heterocycles. The Hall–Kier alpha value is -1.41. The predicted octanol–water partition coefficient (Wildman–Crippen LogP) is 4.58. The van der Waals surface area contributed by atoms with Gasteiger partial charge in [0.1, 0.15) is 0 Å². The molecule has 21 heavy (non-hydrogen) atoms. The van der Waals surface area contributed by atoms with Gasteiger partial charge in [0.15, 0.2) is 0 Å². The Morgan fingerprint density at radius 3 is 2.67 bits per heavy atom. The van der Waals surface area contributed by atoms with Crippen LogP contribution in [-0.4, -0.2) is 17.6 Å². The molecule has 0 aliphatic carbocycles. The van der Waals surface area contributed by atoms with Gasteiger partial charge in [-0.15, -0.1) is 0 Å². The molecule has 114 valence electrons. The molecule has 2 aromatic rings. The molecule has 2 unspecified atom stereocenters. The molecule has 0 radical (unpaired) electrons. The van der Waals surface area contributed by atoms with Gasteiger partial charge >= 0.3 is 0 Å². The standard InChI is InChI=1S/C19H28N2/c1-4-15(3)14-18(5-2)20-13-11-17-9-6-8-16-10-7-12-21-19(16)17/h6-10,12,15,18,20H,4-5,11,13-14H2,1-3H3. The molecule has 2 heteroatoms. The van der Waals surface area contributed by atoms with E-state index in [0.717, 1.165) is 24.4 Å². The molecule has 1 heterocycles. The van der Waals surface area contributed by atoms with Crippen molar-refractivity contribution in [2.75, 3.05) is 6.54 Å². The van der Waals surface area contributed by atoms with Crippen molar-refractivity contribution in [1.29, 1.82) is 0 Å². The molecule has 1 N–H and O–H groups in total. The molecule has 2 atom stereocenters. The average Bonchev–Trinajstić information content (AvgIpc) is 2.53. The molecule has 0 fully saturated rings. The summed E-state index contributed by atoms with van der Waals surface area (Å²) in [5.41, 5.74) is 2.50. The van der Waals surface area contributed by atoms with Crippen molar-refractivity contribution in [3.05, 3.63) is 42.1 Å². The third-order valence-electron chi connectivity index (χ3n) is 4.42. The van der Waals surface area contributed by atoms with E-state index in [1.807, 2.05) is 12.3 Å². The van der Waals surface area contributed by atoms with E-state index in [4.69, 9.17) is 0 Å². The summed E-state index contributed by atoms with van der Waals surface area (Å²) in [5.74, 6) is 0.807. The van der Waals surface area contributed by atoms with E-state index in [-0.39, 0.29) is 0 Å². The van der Waals surface area contributed by atoms with Crippen LogP contribution in [0.1, 0.15) is 45.6 Å². The summed E-state index contributed by atoms with van der Waals surface area (Å²) in [5, 5.41) is 4.96. The lowest BCUT2D eigenvalue weighted by Gasteiger charge is -2.20. The third-order valence-corrected chi connectivity index (χ3v) is 4.42. The number of hydrogen-bond donors (Lipinski definition) is 1. The Kier molecular flexibility index (Phi) is 6.19. The molecule has 0 aliphatic heterocycles. The van der Waals surface area contributed by atoms with Crippen LogP contribution in [0.15, 0.2) is 36.5 Å². The fourth-order valence-electron chi connectivity index (χ4n) is 2.83. The normalized spacial score (nSPS) is 14.2. The molecule has 2 rings (SSSR count). The van der Waals surface area contributed by atoms with Gasteiger partial charge in [0.2, 0.25) is 0 Å². The van der Waals surface area contributed by atoms with Crippen LogP contribution in [-0.2, 0) is 6.42 Å². The Labute approximate surface area is 129 Å². The predicted molar refractivity (Wildman–Crippen MR) is 91.6 cm³/mol. The number of nitrogens with zero attached hydrogens (tertiary/aromatic N) is 1. The van der Waals surface area contributed by atoms with Gasteiger partial charge in [-0.05, 0) is 43.4 Å². The molecule has 2 nitrogen and oxygen atoms in total. The molecular formula is C19H28N2. The second-order valence-electron chi connectivity index (χ2n) is 6.05. The van der Waals surface area contributed by atoms with E-state index >= 15 is 0 Å². The van der Waals surface area contributed by atoms with E-state index in [9.17, 15) is 0 Å². The monoisotopic (exact) mass is 284 g/mol. The van der Waals surface area contributed by atoms with Gasteiger partial charge in [0.25, 0.3) is 0 Å². The van der Waals surface area contributed by atoms with Crippen LogP contribution >= 0.6 is 0 Å². The Morgan fingerprint density at radius 1 is 1.10 bits per heavy atom. The first-order chi connectivity index (χ1) is 10.2. The van der Waals surface area contributed by atoms with Crippen molar-refractivity contribution in [1.82, 2.24) is 10.3 Å². The summed E-state index contributed by atoms with van der Waals surface area (Å²) in [7, 11) is 0. The molecule has 0 spiro atoms. The lowest BCUT2D eigenvalue weighted by atomic mass is 9.97. The molecular weight excluding hydrogens is 256 g/mol. The molecule has 0 aliphatic rings. The first kappa shape index (κ1) is 16.0. The van der Waals surface area contributed by atoms with E-state index in [0.29, 0.717) is 6.04 Å². The van der Waals surface area contributed by atoms with Gasteiger partial charge in [-0.1, -0.05) is 51.5 Å². The minimum Gasteiger partial charge on any atom is -0.314 e. The zero-order valence-electron chi connectivity index (χ0n) is 13.6. The SMILES string of the molecule is CCC(C)CC(CC)NCCc1cccc2cccnc12. The van der Waals surface area contributed by atoms with Gasteiger partial charge in [-0.2, -0.15) is 0 Å². The van der Waals surface area contributed by atoms with Gasteiger partial charge in [0, 0.05) is 17.6 Å². The molecule has 0 saturated carbocycles. The maximum Gasteiger partial charge on any atom is 0.0734 e. The highest BCUT2D eigenvalue weighted by molar-refractivity contribution is 5.81. The summed E-state index contributed by atoms with van der Waals surface area (Å²) in [4.78, 5) is 4.53. The van der Waals surface area contributed by atoms with Gasteiger partial charge in [-0.25, -0.2) is 0 Å². The number of pyridine rings is 1. The number of aromatic nitrogens is 1. The van der Waals surface area contributed by atoms with Crippen LogP contribution in [0.2, 0.25) is 0 Å². The maximum atomic E-state index is 4.53. The highest BCUT2D eigenvalue weighted by atomic mass is 14.9. The third kappa shape index (κ3) is 4.53. The molecule has 1 aromatic carbocycles. The lowest BCUT2D eigenvalue weighted by molar-refractivity contribution is 0.387. The number of para-hydroxylation sites is 1. The fraction of sp³-hybridized carbons (Fsp3) is 0.526. The van der Waals surface area contributed by atoms with Crippen molar-refractivity contribution < 1.29 is 0 Å². The van der Waals surface area contributed by atoms with Gasteiger partial charge < -0.3 is 5.32 Å². The first-order valence-corrected chi connectivity index (χ1v) is 8.30. The van der Waals surface area contributed by atoms with Crippen molar-refractivity contribution in [3.8, 4) is 0 Å². The van der Waals surface area contributed by atoms with Gasteiger partial charge in [-0.3, -0.25) is 4.98 Å². The van der Waals surface area contributed by atoms with Crippen LogP contribution in [0.5, 0.6) is 0 Å². The number of rotatable bonds is 8. The van der Waals surface area contributed by atoms with Crippen molar-refractivity contribution in [2.24, 2.45) is 5.92 Å². The maximum absolute atomic E-state index is 4.53. The lowest BCUT2D eigenvalue weighted by Crippen LogP contribution is -2.31. The largest absolute Gasteiger partial charge is 0.314 e. The zero-order valence-corrected chi connectivity index (χ0v) is 13.6. The van der Waals surface area contributed by atoms with Crippen LogP contribution in [0, 0.1) is 5.92 Å². The van der Waals surface area contributed by atoms with Crippen LogP contribution < -0.4 is 5.32 Å². The minimum atomic E-state index is 0.642. The van der Waals surface area contributed by atoms with Gasteiger partial charge in [0.05, 0.1) is 5.52 Å². The van der Waals surface area contributed by atoms with Crippen molar-refractivity contribution in [3.63, 3.8) is 0 Å². The highest BCUT2D eigenvalue weighted by Crippen LogP contribution is 2.16. The summed E-state index contributed by atoms with van der Waals surface area (Å²) < 4.78 is 0. The van der Waals surface area contributed by atoms with Crippen LogP contribution in [0.4, 0.5) is 0 Å². The van der Waals surface area contributed by atoms with Crippen LogP contribution in [0.25, 0.3) is 10.9 Å². The molecule has 0 amide bonds. The second kappa shape index (κ2) is 8.14. The topological polar surface area (TPSA) is 24.9 Å². The number of hydrogen-bond acceptors (Lipinski definition) is 2. The number of benzene rings is 1. The smallest absolute Gasteiger partial charge is 0.0734 e. The Balaban J connectivity index is 1.92. The van der Waals surface area contributed by atoms with Crippen LogP contribution in [0.3, 0.4) is 0 Å². The highest BCUT2D eigenvalue weighted by Gasteiger charge is 2.10. The quantitative estimate of drug-likeness (QED) is 0.767. The number of nitrogens with one attached hydrogen (secondary N) is 1. The fourth-order valence-corrected chi connectivity index (χ4v) is 2.83.